The Bertz CT molecular complexity index is 589. The number of rotatable bonds is 4. The van der Waals surface area contributed by atoms with Gasteiger partial charge in [0, 0.05) is 24.9 Å². The summed E-state index contributed by atoms with van der Waals surface area (Å²) < 4.78 is 0. The van der Waals surface area contributed by atoms with E-state index in [9.17, 15) is 19.7 Å². The second kappa shape index (κ2) is 5.46. The quantitative estimate of drug-likeness (QED) is 0.519. The molecule has 1 fully saturated rings. The highest BCUT2D eigenvalue weighted by Gasteiger charge is 2.31. The molecule has 1 aliphatic heterocycles. The number of anilines is 1. The van der Waals surface area contributed by atoms with Gasteiger partial charge >= 0.3 is 5.97 Å². The van der Waals surface area contributed by atoms with Gasteiger partial charge in [0.1, 0.15) is 5.56 Å². The van der Waals surface area contributed by atoms with E-state index < -0.39 is 22.1 Å². The first-order chi connectivity index (χ1) is 9.43. The fraction of sp³-hybridized carbons (Fsp3) is 0.333. The molecule has 1 unspecified atom stereocenters. The number of halogens is 1. The van der Waals surface area contributed by atoms with E-state index >= 15 is 0 Å². The second-order valence-electron chi connectivity index (χ2n) is 4.49. The van der Waals surface area contributed by atoms with Crippen LogP contribution in [0.5, 0.6) is 0 Å². The summed E-state index contributed by atoms with van der Waals surface area (Å²) in [4.78, 5) is 34.3. The number of alkyl halides is 1. The maximum atomic E-state index is 11.8. The molecule has 1 atom stereocenters. The molecule has 1 heterocycles. The van der Waals surface area contributed by atoms with Crippen molar-refractivity contribution in [1.29, 1.82) is 0 Å². The zero-order valence-electron chi connectivity index (χ0n) is 10.3. The number of nitro benzene ring substituents is 1. The van der Waals surface area contributed by atoms with E-state index in [0.717, 1.165) is 12.1 Å². The van der Waals surface area contributed by atoms with Gasteiger partial charge in [-0.05, 0) is 18.1 Å². The van der Waals surface area contributed by atoms with Crippen LogP contribution >= 0.6 is 11.6 Å². The van der Waals surface area contributed by atoms with E-state index in [1.54, 1.807) is 0 Å². The first-order valence-electron chi connectivity index (χ1n) is 5.82. The number of carbonyl (C=O) groups is 2. The Morgan fingerprint density at radius 2 is 2.25 bits per heavy atom. The molecule has 2 rings (SSSR count). The Kier molecular flexibility index (Phi) is 3.89. The number of carboxylic acids is 1. The Morgan fingerprint density at radius 1 is 1.55 bits per heavy atom. The highest BCUT2D eigenvalue weighted by molar-refractivity contribution is 6.18. The summed E-state index contributed by atoms with van der Waals surface area (Å²) in [6.07, 6.45) is 0.290. The van der Waals surface area contributed by atoms with Crippen molar-refractivity contribution in [3.63, 3.8) is 0 Å². The lowest BCUT2D eigenvalue weighted by Gasteiger charge is -2.16. The molecular weight excluding hydrogens is 288 g/mol. The highest BCUT2D eigenvalue weighted by atomic mass is 35.5. The van der Waals surface area contributed by atoms with Crippen LogP contribution in [0.4, 0.5) is 11.4 Å². The van der Waals surface area contributed by atoms with E-state index in [1.807, 2.05) is 0 Å². The molecule has 1 aromatic carbocycles. The third-order valence-electron chi connectivity index (χ3n) is 3.14. The van der Waals surface area contributed by atoms with Crippen LogP contribution in [0.3, 0.4) is 0 Å². The van der Waals surface area contributed by atoms with E-state index in [0.29, 0.717) is 18.1 Å². The van der Waals surface area contributed by atoms with Gasteiger partial charge in [0.05, 0.1) is 10.6 Å². The Hall–Kier alpha value is -2.15. The van der Waals surface area contributed by atoms with Crippen LogP contribution in [0.2, 0.25) is 0 Å². The first-order valence-corrected chi connectivity index (χ1v) is 6.35. The Morgan fingerprint density at radius 3 is 2.75 bits per heavy atom. The molecular formula is C12H11ClN2O5. The lowest BCUT2D eigenvalue weighted by Crippen LogP contribution is -2.24. The molecule has 0 bridgehead atoms. The minimum absolute atomic E-state index is 0.00220. The van der Waals surface area contributed by atoms with Gasteiger partial charge in [0.15, 0.2) is 0 Å². The molecule has 8 heteroatoms. The molecule has 0 aliphatic carbocycles. The van der Waals surface area contributed by atoms with Crippen molar-refractivity contribution in [2.75, 3.05) is 17.3 Å². The van der Waals surface area contributed by atoms with E-state index in [2.05, 4.69) is 0 Å². The van der Waals surface area contributed by atoms with Gasteiger partial charge in [-0.3, -0.25) is 14.9 Å². The second-order valence-corrected chi connectivity index (χ2v) is 4.80. The molecule has 1 amide bonds. The van der Waals surface area contributed by atoms with Crippen LogP contribution in [-0.4, -0.2) is 34.3 Å². The number of nitrogens with zero attached hydrogens (tertiary/aromatic N) is 2. The summed E-state index contributed by atoms with van der Waals surface area (Å²) in [5.74, 6) is -1.22. The molecule has 7 nitrogen and oxygen atoms in total. The van der Waals surface area contributed by atoms with Crippen LogP contribution < -0.4 is 4.90 Å². The lowest BCUT2D eigenvalue weighted by atomic mass is 10.1. The van der Waals surface area contributed by atoms with Gasteiger partial charge < -0.3 is 10.0 Å². The predicted octanol–water partition coefficient (Wildman–Crippen LogP) is 1.88. The minimum Gasteiger partial charge on any atom is -0.477 e. The Labute approximate surface area is 118 Å². The summed E-state index contributed by atoms with van der Waals surface area (Å²) >= 11 is 5.71. The van der Waals surface area contributed by atoms with E-state index in [1.165, 1.54) is 11.0 Å². The molecule has 106 valence electrons. The monoisotopic (exact) mass is 298 g/mol. The number of benzene rings is 1. The summed E-state index contributed by atoms with van der Waals surface area (Å²) in [7, 11) is 0. The van der Waals surface area contributed by atoms with E-state index in [-0.39, 0.29) is 18.2 Å². The summed E-state index contributed by atoms with van der Waals surface area (Å²) in [6.45, 7) is 0.381. The summed E-state index contributed by atoms with van der Waals surface area (Å²) in [5.41, 5.74) is -0.615. The number of nitro groups is 1. The highest BCUT2D eigenvalue weighted by Crippen LogP contribution is 2.30. The van der Waals surface area contributed by atoms with Crippen LogP contribution in [0, 0.1) is 16.0 Å². The van der Waals surface area contributed by atoms with Crippen LogP contribution in [0.1, 0.15) is 16.8 Å². The molecule has 0 saturated carbocycles. The SMILES string of the molecule is O=C(O)c1ccc(N2CC(CCl)CC2=O)cc1[N+](=O)[O-]. The van der Waals surface area contributed by atoms with Crippen molar-refractivity contribution >= 4 is 34.9 Å². The zero-order valence-corrected chi connectivity index (χ0v) is 11.0. The fourth-order valence-electron chi connectivity index (χ4n) is 2.15. The van der Waals surface area contributed by atoms with Crippen molar-refractivity contribution in [3.05, 3.63) is 33.9 Å². The first kappa shape index (κ1) is 14.3. The number of aromatic carboxylic acids is 1. The average molecular weight is 299 g/mol. The number of carbonyl (C=O) groups excluding carboxylic acids is 1. The van der Waals surface area contributed by atoms with E-state index in [4.69, 9.17) is 16.7 Å². The van der Waals surface area contributed by atoms with Gasteiger partial charge in [-0.25, -0.2) is 4.79 Å². The van der Waals surface area contributed by atoms with Crippen molar-refractivity contribution in [1.82, 2.24) is 0 Å². The van der Waals surface area contributed by atoms with Crippen molar-refractivity contribution in [3.8, 4) is 0 Å². The minimum atomic E-state index is -1.38. The fourth-order valence-corrected chi connectivity index (χ4v) is 2.36. The molecule has 0 spiro atoms. The summed E-state index contributed by atoms with van der Waals surface area (Å²) in [6, 6.07) is 3.64. The van der Waals surface area contributed by atoms with Crippen molar-refractivity contribution in [2.45, 2.75) is 6.42 Å². The number of hydrogen-bond donors (Lipinski definition) is 1. The average Bonchev–Trinajstić information content (AvgIpc) is 2.79. The molecule has 1 aliphatic rings. The number of carboxylic acid groups (broad SMARTS) is 1. The van der Waals surface area contributed by atoms with Crippen molar-refractivity contribution in [2.24, 2.45) is 5.92 Å². The van der Waals surface area contributed by atoms with Crippen LogP contribution in [-0.2, 0) is 4.79 Å². The predicted molar refractivity (Wildman–Crippen MR) is 71.2 cm³/mol. The zero-order chi connectivity index (χ0) is 14.9. The maximum absolute atomic E-state index is 11.8. The van der Waals surface area contributed by atoms with Gasteiger partial charge in [-0.2, -0.15) is 0 Å². The molecule has 1 aromatic rings. The van der Waals surface area contributed by atoms with Crippen LogP contribution in [0.25, 0.3) is 0 Å². The van der Waals surface area contributed by atoms with Gasteiger partial charge in [0.25, 0.3) is 5.69 Å². The van der Waals surface area contributed by atoms with Crippen molar-refractivity contribution < 1.29 is 19.6 Å². The molecule has 0 aromatic heterocycles. The molecule has 1 N–H and O–H groups in total. The van der Waals surface area contributed by atoms with Gasteiger partial charge in [0.2, 0.25) is 5.91 Å². The standard InChI is InChI=1S/C12H11ClN2O5/c13-5-7-3-11(16)14(6-7)8-1-2-9(12(17)18)10(4-8)15(19)20/h1-2,4,7H,3,5-6H2,(H,17,18). The number of amides is 1. The maximum Gasteiger partial charge on any atom is 0.342 e. The van der Waals surface area contributed by atoms with Gasteiger partial charge in [-0.1, -0.05) is 0 Å². The van der Waals surface area contributed by atoms with Crippen LogP contribution in [0.15, 0.2) is 18.2 Å². The third-order valence-corrected chi connectivity index (χ3v) is 3.58. The molecule has 1 saturated heterocycles. The topological polar surface area (TPSA) is 101 Å². The summed E-state index contributed by atoms with van der Waals surface area (Å²) in [5, 5.41) is 19.8. The lowest BCUT2D eigenvalue weighted by molar-refractivity contribution is -0.385. The largest absolute Gasteiger partial charge is 0.477 e. The smallest absolute Gasteiger partial charge is 0.342 e. The third kappa shape index (κ3) is 2.57. The Balaban J connectivity index is 2.39. The number of hydrogen-bond acceptors (Lipinski definition) is 4. The molecule has 20 heavy (non-hydrogen) atoms. The van der Waals surface area contributed by atoms with Gasteiger partial charge in [-0.15, -0.1) is 11.6 Å². The molecule has 0 radical (unpaired) electrons. The normalized spacial score (nSPS) is 18.4.